The molecule has 6 heteroatoms. The van der Waals surface area contributed by atoms with Crippen molar-refractivity contribution in [3.05, 3.63) is 59.9 Å². The number of nitrogens with zero attached hydrogens (tertiary/aromatic N) is 2. The molecule has 1 aromatic heterocycles. The number of aromatic nitrogens is 1. The van der Waals surface area contributed by atoms with Gasteiger partial charge in [0.05, 0.1) is 11.6 Å². The van der Waals surface area contributed by atoms with Gasteiger partial charge in [-0.2, -0.15) is 0 Å². The number of hydrogen-bond acceptors (Lipinski definition) is 5. The monoisotopic (exact) mass is 323 g/mol. The van der Waals surface area contributed by atoms with Crippen LogP contribution in [0, 0.1) is 5.92 Å². The lowest BCUT2D eigenvalue weighted by atomic mass is 9.90. The lowest BCUT2D eigenvalue weighted by Gasteiger charge is -2.41. The summed E-state index contributed by atoms with van der Waals surface area (Å²) in [7, 11) is 0. The van der Waals surface area contributed by atoms with Crippen molar-refractivity contribution in [2.45, 2.75) is 19.1 Å². The molecule has 3 heterocycles. The SMILES string of the molecule is CCN1C(=O)c2ccccc2NC1C1CNNC1c1cccnc1. The van der Waals surface area contributed by atoms with E-state index in [1.165, 1.54) is 0 Å². The van der Waals surface area contributed by atoms with Gasteiger partial charge in [-0.3, -0.25) is 15.2 Å². The highest BCUT2D eigenvalue weighted by Crippen LogP contribution is 2.34. The largest absolute Gasteiger partial charge is 0.364 e. The summed E-state index contributed by atoms with van der Waals surface area (Å²) in [5.41, 5.74) is 9.36. The van der Waals surface area contributed by atoms with E-state index in [2.05, 4.69) is 27.2 Å². The quantitative estimate of drug-likeness (QED) is 0.803. The number of nitrogens with one attached hydrogen (secondary N) is 3. The van der Waals surface area contributed by atoms with Crippen LogP contribution in [0.3, 0.4) is 0 Å². The summed E-state index contributed by atoms with van der Waals surface area (Å²) in [6.07, 6.45) is 3.59. The van der Waals surface area contributed by atoms with Crippen LogP contribution in [0.5, 0.6) is 0 Å². The molecule has 0 saturated carbocycles. The molecule has 4 rings (SSSR count). The van der Waals surface area contributed by atoms with Crippen molar-refractivity contribution < 1.29 is 4.79 Å². The number of pyridine rings is 1. The fourth-order valence-corrected chi connectivity index (χ4v) is 3.69. The molecule has 0 aliphatic carbocycles. The molecule has 124 valence electrons. The zero-order valence-corrected chi connectivity index (χ0v) is 13.6. The highest BCUT2D eigenvalue weighted by atomic mass is 16.2. The fraction of sp³-hybridized carbons (Fsp3) is 0.333. The van der Waals surface area contributed by atoms with Gasteiger partial charge in [0.15, 0.2) is 0 Å². The maximum absolute atomic E-state index is 12.9. The van der Waals surface area contributed by atoms with E-state index in [0.29, 0.717) is 6.54 Å². The van der Waals surface area contributed by atoms with Gasteiger partial charge in [0, 0.05) is 37.1 Å². The lowest BCUT2D eigenvalue weighted by molar-refractivity contribution is 0.0633. The van der Waals surface area contributed by atoms with Gasteiger partial charge in [0.25, 0.3) is 5.91 Å². The van der Waals surface area contributed by atoms with Gasteiger partial charge in [-0.05, 0) is 30.7 Å². The third kappa shape index (κ3) is 2.44. The Morgan fingerprint density at radius 2 is 2.12 bits per heavy atom. The second kappa shape index (κ2) is 6.22. The summed E-state index contributed by atoms with van der Waals surface area (Å²) in [5, 5.41) is 3.57. The molecule has 0 radical (unpaired) electrons. The molecule has 1 fully saturated rings. The van der Waals surface area contributed by atoms with Crippen LogP contribution in [-0.2, 0) is 0 Å². The number of carbonyl (C=O) groups excluding carboxylic acids is 1. The third-order valence-corrected chi connectivity index (χ3v) is 4.87. The third-order valence-electron chi connectivity index (χ3n) is 4.87. The molecule has 0 spiro atoms. The molecule has 1 saturated heterocycles. The Balaban J connectivity index is 1.68. The van der Waals surface area contributed by atoms with Crippen molar-refractivity contribution >= 4 is 11.6 Å². The van der Waals surface area contributed by atoms with Gasteiger partial charge in [0.1, 0.15) is 6.17 Å². The number of carbonyl (C=O) groups is 1. The van der Waals surface area contributed by atoms with E-state index in [4.69, 9.17) is 0 Å². The van der Waals surface area contributed by atoms with E-state index in [0.717, 1.165) is 23.4 Å². The molecule has 3 N–H and O–H groups in total. The second-order valence-corrected chi connectivity index (χ2v) is 6.18. The van der Waals surface area contributed by atoms with Crippen LogP contribution in [0.2, 0.25) is 0 Å². The van der Waals surface area contributed by atoms with E-state index in [-0.39, 0.29) is 24.0 Å². The molecule has 6 nitrogen and oxygen atoms in total. The molecule has 3 unspecified atom stereocenters. The van der Waals surface area contributed by atoms with Gasteiger partial charge >= 0.3 is 0 Å². The first-order valence-electron chi connectivity index (χ1n) is 8.34. The Bertz CT molecular complexity index is 735. The van der Waals surface area contributed by atoms with Crippen molar-refractivity contribution in [3.63, 3.8) is 0 Å². The van der Waals surface area contributed by atoms with E-state index in [1.54, 1.807) is 6.20 Å². The summed E-state index contributed by atoms with van der Waals surface area (Å²) in [6.45, 7) is 3.47. The molecular formula is C18H21N5O. The van der Waals surface area contributed by atoms with Gasteiger partial charge in [0.2, 0.25) is 0 Å². The van der Waals surface area contributed by atoms with Crippen LogP contribution in [0.15, 0.2) is 48.8 Å². The smallest absolute Gasteiger partial charge is 0.257 e. The number of amides is 1. The normalized spacial score (nSPS) is 26.1. The van der Waals surface area contributed by atoms with Crippen molar-refractivity contribution in [2.24, 2.45) is 5.92 Å². The van der Waals surface area contributed by atoms with Gasteiger partial charge in [-0.1, -0.05) is 18.2 Å². The van der Waals surface area contributed by atoms with Crippen LogP contribution in [0.25, 0.3) is 0 Å². The maximum Gasteiger partial charge on any atom is 0.257 e. The first-order chi connectivity index (χ1) is 11.8. The minimum Gasteiger partial charge on any atom is -0.364 e. The van der Waals surface area contributed by atoms with Crippen molar-refractivity contribution in [1.29, 1.82) is 0 Å². The van der Waals surface area contributed by atoms with Gasteiger partial charge < -0.3 is 10.2 Å². The summed E-state index contributed by atoms with van der Waals surface area (Å²) in [5.74, 6) is 0.292. The first-order valence-corrected chi connectivity index (χ1v) is 8.34. The molecule has 3 atom stereocenters. The van der Waals surface area contributed by atoms with Gasteiger partial charge in [-0.15, -0.1) is 0 Å². The Morgan fingerprint density at radius 1 is 1.25 bits per heavy atom. The van der Waals surface area contributed by atoms with Crippen LogP contribution in [-0.4, -0.2) is 35.0 Å². The van der Waals surface area contributed by atoms with Crippen LogP contribution < -0.4 is 16.2 Å². The van der Waals surface area contributed by atoms with Crippen molar-refractivity contribution in [1.82, 2.24) is 20.7 Å². The van der Waals surface area contributed by atoms with Crippen LogP contribution in [0.4, 0.5) is 5.69 Å². The second-order valence-electron chi connectivity index (χ2n) is 6.18. The van der Waals surface area contributed by atoms with Crippen LogP contribution in [0.1, 0.15) is 28.9 Å². The predicted octanol–water partition coefficient (Wildman–Crippen LogP) is 1.76. The zero-order chi connectivity index (χ0) is 16.5. The molecule has 24 heavy (non-hydrogen) atoms. The Hall–Kier alpha value is -2.44. The van der Waals surface area contributed by atoms with Crippen molar-refractivity contribution in [2.75, 3.05) is 18.4 Å². The Labute approximate surface area is 141 Å². The van der Waals surface area contributed by atoms with Gasteiger partial charge in [-0.25, -0.2) is 5.43 Å². The van der Waals surface area contributed by atoms with E-state index >= 15 is 0 Å². The fourth-order valence-electron chi connectivity index (χ4n) is 3.69. The minimum absolute atomic E-state index is 0.0647. The first kappa shape index (κ1) is 15.1. The molecule has 0 bridgehead atoms. The number of hydrogen-bond donors (Lipinski definition) is 3. The number of fused-ring (bicyclic) bond motifs is 1. The number of hydrazine groups is 1. The number of benzene rings is 1. The summed E-state index contributed by atoms with van der Waals surface area (Å²) >= 11 is 0. The van der Waals surface area contributed by atoms with E-state index < -0.39 is 0 Å². The maximum atomic E-state index is 12.9. The van der Waals surface area contributed by atoms with E-state index in [1.807, 2.05) is 48.4 Å². The molecule has 2 aromatic rings. The molecule has 2 aliphatic rings. The average Bonchev–Trinajstić information content (AvgIpc) is 3.12. The molecular weight excluding hydrogens is 302 g/mol. The highest BCUT2D eigenvalue weighted by molar-refractivity contribution is 6.01. The standard InChI is InChI=1S/C18H21N5O/c1-2-23-17(21-15-8-4-3-7-13(15)18(23)24)14-11-20-22-16(14)12-6-5-9-19-10-12/h3-10,14,16-17,20-22H,2,11H2,1H3. The summed E-state index contributed by atoms with van der Waals surface area (Å²) in [6, 6.07) is 11.8. The van der Waals surface area contributed by atoms with Crippen LogP contribution >= 0.6 is 0 Å². The molecule has 1 amide bonds. The zero-order valence-electron chi connectivity index (χ0n) is 13.6. The Morgan fingerprint density at radius 3 is 2.92 bits per heavy atom. The lowest BCUT2D eigenvalue weighted by Crippen LogP contribution is -2.54. The number of anilines is 1. The number of para-hydroxylation sites is 1. The molecule has 1 aromatic carbocycles. The summed E-state index contributed by atoms with van der Waals surface area (Å²) < 4.78 is 0. The number of rotatable bonds is 3. The molecule has 2 aliphatic heterocycles. The van der Waals surface area contributed by atoms with E-state index in [9.17, 15) is 4.79 Å². The Kier molecular flexibility index (Phi) is 3.92. The van der Waals surface area contributed by atoms with Crippen molar-refractivity contribution in [3.8, 4) is 0 Å². The highest BCUT2D eigenvalue weighted by Gasteiger charge is 2.42. The summed E-state index contributed by atoms with van der Waals surface area (Å²) in [4.78, 5) is 19.0. The predicted molar refractivity (Wildman–Crippen MR) is 92.2 cm³/mol. The topological polar surface area (TPSA) is 69.3 Å². The average molecular weight is 323 g/mol. The minimum atomic E-state index is -0.0647.